The molecule has 0 aliphatic heterocycles. The first-order chi connectivity index (χ1) is 46.5. The minimum atomic E-state index is 0.800. The zero-order valence-corrected chi connectivity index (χ0v) is 68.2. The molecule has 0 radical (unpaired) electrons. The van der Waals surface area contributed by atoms with Crippen molar-refractivity contribution in [3.05, 3.63) is 0 Å². The van der Waals surface area contributed by atoms with Crippen LogP contribution in [0.15, 0.2) is 0 Å². The molecular formula is C96H180. The van der Waals surface area contributed by atoms with Crippen LogP contribution in [-0.2, 0) is 0 Å². The lowest BCUT2D eigenvalue weighted by Crippen LogP contribution is -2.44. The Balaban J connectivity index is 0.000000155. The Morgan fingerprint density at radius 1 is 0.167 bits per heavy atom. The summed E-state index contributed by atoms with van der Waals surface area (Å²) < 4.78 is 0. The number of hydrogen-bond acceptors (Lipinski definition) is 0. The molecule has 0 aromatic carbocycles. The summed E-state index contributed by atoms with van der Waals surface area (Å²) in [7, 11) is 0. The zero-order chi connectivity index (χ0) is 68.2. The lowest BCUT2D eigenvalue weighted by atomic mass is 9.50. The molecule has 0 N–H and O–H groups in total. The minimum absolute atomic E-state index is 0.800. The molecule has 4 atom stereocenters. The molecule has 0 aromatic rings. The van der Waals surface area contributed by atoms with Crippen LogP contribution < -0.4 is 0 Å². The molecule has 0 heterocycles. The van der Waals surface area contributed by atoms with Crippen molar-refractivity contribution < 1.29 is 0 Å². The Labute approximate surface area is 606 Å². The predicted molar refractivity (Wildman–Crippen MR) is 429 cm³/mol. The van der Waals surface area contributed by atoms with E-state index >= 15 is 0 Å². The molecule has 564 valence electrons. The van der Waals surface area contributed by atoms with Gasteiger partial charge >= 0.3 is 0 Å². The van der Waals surface area contributed by atoms with Gasteiger partial charge in [-0.15, -0.1) is 0 Å². The van der Waals surface area contributed by atoms with Gasteiger partial charge < -0.3 is 0 Å². The second-order valence-electron chi connectivity index (χ2n) is 40.7. The second kappa shape index (κ2) is 48.2. The van der Waals surface area contributed by atoms with Gasteiger partial charge in [0.1, 0.15) is 0 Å². The Morgan fingerprint density at radius 2 is 0.385 bits per heavy atom. The van der Waals surface area contributed by atoms with Gasteiger partial charge in [-0.25, -0.2) is 0 Å². The van der Waals surface area contributed by atoms with Crippen molar-refractivity contribution >= 4 is 0 Å². The molecule has 19 aliphatic rings. The quantitative estimate of drug-likeness (QED) is 0.212. The fourth-order valence-corrected chi connectivity index (χ4v) is 24.2. The van der Waals surface area contributed by atoms with Crippen LogP contribution in [0, 0.1) is 130 Å². The summed E-state index contributed by atoms with van der Waals surface area (Å²) in [6.07, 6.45) is 95.3. The summed E-state index contributed by atoms with van der Waals surface area (Å²) in [4.78, 5) is 0. The Hall–Kier alpha value is 0. The Kier molecular flexibility index (Phi) is 41.8. The summed E-state index contributed by atoms with van der Waals surface area (Å²) in [5.41, 5.74) is 0.800. The number of hydrogen-bond donors (Lipinski definition) is 0. The van der Waals surface area contributed by atoms with Crippen molar-refractivity contribution in [1.82, 2.24) is 0 Å². The fraction of sp³-hybridized carbons (Fsp3) is 1.00. The van der Waals surface area contributed by atoms with E-state index in [9.17, 15) is 0 Å². The lowest BCUT2D eigenvalue weighted by molar-refractivity contribution is -0.0411. The summed E-state index contributed by atoms with van der Waals surface area (Å²) >= 11 is 0. The van der Waals surface area contributed by atoms with E-state index in [4.69, 9.17) is 0 Å². The van der Waals surface area contributed by atoms with Crippen molar-refractivity contribution in [3.8, 4) is 0 Å². The first kappa shape index (κ1) is 83.3. The van der Waals surface area contributed by atoms with E-state index < -0.39 is 0 Å². The highest BCUT2D eigenvalue weighted by Crippen LogP contribution is 2.60. The van der Waals surface area contributed by atoms with Gasteiger partial charge in [-0.3, -0.25) is 0 Å². The number of fused-ring (bicyclic) bond motifs is 5. The average Bonchev–Trinajstić information content (AvgIpc) is 0.972. The highest BCUT2D eigenvalue weighted by molar-refractivity contribution is 5.00. The maximum atomic E-state index is 2.54. The molecule has 19 aliphatic carbocycles. The third kappa shape index (κ3) is 34.3. The van der Waals surface area contributed by atoms with E-state index in [1.165, 1.54) is 276 Å². The molecule has 0 saturated heterocycles. The van der Waals surface area contributed by atoms with Gasteiger partial charge in [-0.05, 0) is 239 Å². The maximum Gasteiger partial charge on any atom is -0.0318 e. The monoisotopic (exact) mass is 1330 g/mol. The van der Waals surface area contributed by atoms with Gasteiger partial charge in [0, 0.05) is 0 Å². The van der Waals surface area contributed by atoms with E-state index in [-0.39, 0.29) is 0 Å². The van der Waals surface area contributed by atoms with Gasteiger partial charge in [0.2, 0.25) is 0 Å². The smallest absolute Gasteiger partial charge is 0.0318 e. The minimum Gasteiger partial charge on any atom is -0.0625 e. The molecule has 0 amide bonds. The molecule has 12 bridgehead atoms. The molecule has 19 fully saturated rings. The summed E-state index contributed by atoms with van der Waals surface area (Å²) in [6, 6.07) is 0. The number of rotatable bonds is 0. The molecule has 0 spiro atoms. The first-order valence-electron chi connectivity index (χ1n) is 46.5. The van der Waals surface area contributed by atoms with Crippen LogP contribution >= 0.6 is 0 Å². The second-order valence-corrected chi connectivity index (χ2v) is 40.7. The van der Waals surface area contributed by atoms with Crippen LogP contribution in [0.3, 0.4) is 0 Å². The topological polar surface area (TPSA) is 0 Å². The zero-order valence-electron chi connectivity index (χ0n) is 68.2. The average molecular weight is 1330 g/mol. The van der Waals surface area contributed by atoms with Crippen LogP contribution in [-0.4, -0.2) is 0 Å². The normalized spacial score (nSPS) is 38.9. The van der Waals surface area contributed by atoms with Crippen molar-refractivity contribution in [2.45, 2.75) is 481 Å². The van der Waals surface area contributed by atoms with Gasteiger partial charge in [0.15, 0.2) is 0 Å². The van der Waals surface area contributed by atoms with E-state index in [1.54, 1.807) is 128 Å². The van der Waals surface area contributed by atoms with Crippen LogP contribution in [0.2, 0.25) is 0 Å². The summed E-state index contributed by atoms with van der Waals surface area (Å²) in [6.45, 7) is 26.6. The molecule has 19 saturated carbocycles. The van der Waals surface area contributed by atoms with Crippen molar-refractivity contribution in [2.75, 3.05) is 0 Å². The van der Waals surface area contributed by atoms with Crippen LogP contribution in [0.1, 0.15) is 481 Å². The molecule has 19 rings (SSSR count). The lowest BCUT2D eigenvalue weighted by Gasteiger charge is -2.55. The Bertz CT molecular complexity index is 1700. The van der Waals surface area contributed by atoms with Crippen molar-refractivity contribution in [3.63, 3.8) is 0 Å². The van der Waals surface area contributed by atoms with E-state index in [0.29, 0.717) is 0 Å². The van der Waals surface area contributed by atoms with E-state index in [2.05, 4.69) is 76.2 Å². The van der Waals surface area contributed by atoms with Gasteiger partial charge in [-0.1, -0.05) is 372 Å². The standard InChI is InChI=1S/C22H44.2C11H18.C9H16.C9H18.C8H14.C8H16.C7H14.C6H12.C5H10/c1-21-17-13-9-5-3-7-11-15-19-22(2)20-16-12-8-4-6-10-14-18-21;1-11-5-8-2-9(6-11)4-10(3-8)7-11;1-7-10-3-8-2-9(5-10)6-11(7)4-8;1-7-6-8-2-4-9(7)5-3-8;1-9-7-5-3-2-4-6-8-9;1-6-4-7-2-3-8(6)5-7;1-8-6-4-2-3-5-7-8;1-7-5-3-2-4-6-7;1-6-4-2-3-5-6;1-5-3-2-4-5/h21-22H,3-20H2,1-2H3;8-10H,2-7H2,1H3;7-11H,2-6H2,1H3;7-9H,2-6H2,1H3;9H,2-8H2,1H3;6-8H,2-5H2,1H3;8H,2-7H2,1H3;7H,2-6H2,1H3;6H,2-5H2,1H3;5H,2-4H2,1H3. The Morgan fingerprint density at radius 3 is 0.573 bits per heavy atom. The van der Waals surface area contributed by atoms with Crippen molar-refractivity contribution in [2.24, 2.45) is 130 Å². The van der Waals surface area contributed by atoms with Crippen LogP contribution in [0.25, 0.3) is 0 Å². The van der Waals surface area contributed by atoms with E-state index in [0.717, 1.165) is 130 Å². The third-order valence-electron chi connectivity index (χ3n) is 30.8. The highest BCUT2D eigenvalue weighted by Gasteiger charge is 2.49. The molecule has 0 aromatic heterocycles. The van der Waals surface area contributed by atoms with Crippen LogP contribution in [0.4, 0.5) is 0 Å². The largest absolute Gasteiger partial charge is 0.0625 e. The molecule has 4 unspecified atom stereocenters. The SMILES string of the molecule is CC12CC3CC(CC(C3)C1)C2.CC1C2CC3CC(C2)CC1C3.CC1CC2CCC1C2.CC1CC2CCC1CC2.CC1CCC1.CC1CCCC1.CC1CCCCC1.CC1CCCCCC1.CC1CCCCCCC1.CC1CCCCCCCCCC(C)CCCCCCCCC1. The summed E-state index contributed by atoms with van der Waals surface area (Å²) in [5.74, 6) is 23.0. The molecular weight excluding hydrogens is 1150 g/mol. The first-order valence-corrected chi connectivity index (χ1v) is 46.5. The van der Waals surface area contributed by atoms with Gasteiger partial charge in [0.25, 0.3) is 0 Å². The molecule has 96 heavy (non-hydrogen) atoms. The summed E-state index contributed by atoms with van der Waals surface area (Å²) in [5, 5.41) is 0. The highest BCUT2D eigenvalue weighted by atomic mass is 14.5. The molecule has 0 heteroatoms. The van der Waals surface area contributed by atoms with Gasteiger partial charge in [-0.2, -0.15) is 0 Å². The van der Waals surface area contributed by atoms with E-state index in [1.807, 2.05) is 0 Å². The maximum absolute atomic E-state index is 2.54. The molecule has 0 nitrogen and oxygen atoms in total. The van der Waals surface area contributed by atoms with Gasteiger partial charge in [0.05, 0.1) is 0 Å². The van der Waals surface area contributed by atoms with Crippen molar-refractivity contribution in [1.29, 1.82) is 0 Å². The third-order valence-corrected chi connectivity index (χ3v) is 30.8. The predicted octanol–water partition coefficient (Wildman–Crippen LogP) is 32.8. The van der Waals surface area contributed by atoms with Crippen LogP contribution in [0.5, 0.6) is 0 Å². The fourth-order valence-electron chi connectivity index (χ4n) is 24.2.